The van der Waals surface area contributed by atoms with Crippen molar-refractivity contribution < 1.29 is 18.3 Å². The van der Waals surface area contributed by atoms with Crippen molar-refractivity contribution in [2.75, 3.05) is 18.7 Å². The van der Waals surface area contributed by atoms with Gasteiger partial charge >= 0.3 is 0 Å². The predicted molar refractivity (Wildman–Crippen MR) is 93.1 cm³/mol. The Hall–Kier alpha value is -0.790. The number of nitrogens with zero attached hydrogens (tertiary/aromatic N) is 1. The molecule has 3 nitrogen and oxygen atoms in total. The van der Waals surface area contributed by atoms with E-state index >= 15 is 0 Å². The van der Waals surface area contributed by atoms with E-state index in [1.54, 1.807) is 36.0 Å². The molecule has 0 N–H and O–H groups in total. The largest absolute Gasteiger partial charge is 0.483 e. The second-order valence-electron chi connectivity index (χ2n) is 4.83. The molecule has 1 atom stereocenters. The van der Waals surface area contributed by atoms with Crippen molar-refractivity contribution in [3.63, 3.8) is 0 Å². The number of carbonyl (C=O) groups is 1. The maximum absolute atomic E-state index is 12.8. The lowest BCUT2D eigenvalue weighted by atomic mass is 10.0. The molecule has 0 bridgehead atoms. The average molecular weight is 427 g/mol. The van der Waals surface area contributed by atoms with Crippen LogP contribution in [0.1, 0.15) is 12.0 Å². The van der Waals surface area contributed by atoms with Crippen LogP contribution in [0.3, 0.4) is 0 Å². The first-order valence-corrected chi connectivity index (χ1v) is 9.41. The highest BCUT2D eigenvalue weighted by Gasteiger charge is 2.32. The van der Waals surface area contributed by atoms with Crippen molar-refractivity contribution in [1.82, 2.24) is 4.90 Å². The van der Waals surface area contributed by atoms with Gasteiger partial charge in [-0.3, -0.25) is 4.79 Å². The summed E-state index contributed by atoms with van der Waals surface area (Å²) in [5.41, 5.74) is 1.09. The Morgan fingerprint density at radius 1 is 1.52 bits per heavy atom. The summed E-state index contributed by atoms with van der Waals surface area (Å²) in [6.45, 7) is -0.676. The lowest BCUT2D eigenvalue weighted by Crippen LogP contribution is -2.41. The number of carbonyl (C=O) groups excluding carboxylic acids is 1. The van der Waals surface area contributed by atoms with Gasteiger partial charge in [0.2, 0.25) is 5.91 Å². The number of allylic oxidation sites excluding steroid dienone is 1. The molecular formula is C15H15BrClF2NO2S. The Labute approximate surface area is 151 Å². The van der Waals surface area contributed by atoms with Crippen LogP contribution in [-0.2, 0) is 4.79 Å². The highest BCUT2D eigenvalue weighted by Crippen LogP contribution is 2.34. The molecule has 2 rings (SSSR count). The van der Waals surface area contributed by atoms with Gasteiger partial charge in [-0.1, -0.05) is 6.08 Å². The molecule has 1 aromatic carbocycles. The van der Waals surface area contributed by atoms with Crippen LogP contribution in [0.5, 0.6) is 5.75 Å². The molecule has 1 heterocycles. The Kier molecular flexibility index (Phi) is 6.73. The SMILES string of the molecule is CSCOc1ccc(C2=CCC(Cl)C(=O)N2CC(F)F)c(Br)c1. The highest BCUT2D eigenvalue weighted by molar-refractivity contribution is 9.10. The van der Waals surface area contributed by atoms with Crippen LogP contribution in [0.4, 0.5) is 8.78 Å². The second-order valence-corrected chi connectivity index (χ2v) is 7.02. The summed E-state index contributed by atoms with van der Waals surface area (Å²) in [4.78, 5) is 13.2. The zero-order chi connectivity index (χ0) is 17.0. The third-order valence-corrected chi connectivity index (χ3v) is 4.60. The zero-order valence-corrected chi connectivity index (χ0v) is 15.4. The number of halogens is 4. The van der Waals surface area contributed by atoms with Crippen LogP contribution < -0.4 is 4.74 Å². The lowest BCUT2D eigenvalue weighted by Gasteiger charge is -2.31. The first-order valence-electron chi connectivity index (χ1n) is 6.79. The third-order valence-electron chi connectivity index (χ3n) is 3.22. The number of rotatable bonds is 6. The maximum Gasteiger partial charge on any atom is 0.256 e. The van der Waals surface area contributed by atoms with E-state index in [9.17, 15) is 13.6 Å². The van der Waals surface area contributed by atoms with Gasteiger partial charge in [0.1, 0.15) is 17.1 Å². The molecule has 1 unspecified atom stereocenters. The Morgan fingerprint density at radius 3 is 2.87 bits per heavy atom. The van der Waals surface area contributed by atoms with Crippen LogP contribution in [0.15, 0.2) is 28.7 Å². The van der Waals surface area contributed by atoms with Crippen LogP contribution in [-0.4, -0.2) is 41.3 Å². The number of amides is 1. The van der Waals surface area contributed by atoms with E-state index in [-0.39, 0.29) is 0 Å². The molecular weight excluding hydrogens is 412 g/mol. The van der Waals surface area contributed by atoms with Crippen molar-refractivity contribution in [1.29, 1.82) is 0 Å². The molecule has 0 radical (unpaired) electrons. The first kappa shape index (κ1) is 18.5. The number of hydrogen-bond donors (Lipinski definition) is 0. The molecule has 126 valence electrons. The van der Waals surface area contributed by atoms with E-state index in [1.807, 2.05) is 6.26 Å². The molecule has 23 heavy (non-hydrogen) atoms. The molecule has 8 heteroatoms. The fourth-order valence-corrected chi connectivity index (χ4v) is 3.24. The van der Waals surface area contributed by atoms with E-state index in [0.29, 0.717) is 33.8 Å². The molecule has 0 fully saturated rings. The number of benzene rings is 1. The summed E-state index contributed by atoms with van der Waals surface area (Å²) in [7, 11) is 0. The Morgan fingerprint density at radius 2 is 2.26 bits per heavy atom. The minimum Gasteiger partial charge on any atom is -0.483 e. The van der Waals surface area contributed by atoms with E-state index in [4.69, 9.17) is 16.3 Å². The van der Waals surface area contributed by atoms with E-state index in [0.717, 1.165) is 4.90 Å². The monoisotopic (exact) mass is 425 g/mol. The van der Waals surface area contributed by atoms with E-state index in [1.165, 1.54) is 0 Å². The molecule has 1 aromatic rings. The van der Waals surface area contributed by atoms with Gasteiger partial charge in [-0.15, -0.1) is 23.4 Å². The molecule has 1 amide bonds. The summed E-state index contributed by atoms with van der Waals surface area (Å²) in [5.74, 6) is 0.672. The molecule has 1 aliphatic heterocycles. The predicted octanol–water partition coefficient (Wildman–Crippen LogP) is 4.59. The first-order chi connectivity index (χ1) is 10.9. The van der Waals surface area contributed by atoms with Gasteiger partial charge in [-0.2, -0.15) is 0 Å². The van der Waals surface area contributed by atoms with Crippen LogP contribution in [0.25, 0.3) is 5.70 Å². The molecule has 0 saturated carbocycles. The molecule has 0 aliphatic carbocycles. The van der Waals surface area contributed by atoms with Gasteiger partial charge in [-0.05, 0) is 46.8 Å². The number of hydrogen-bond acceptors (Lipinski definition) is 3. The van der Waals surface area contributed by atoms with Gasteiger partial charge < -0.3 is 9.64 Å². The number of thioether (sulfide) groups is 1. The van der Waals surface area contributed by atoms with Crippen molar-refractivity contribution >= 4 is 50.9 Å². The molecule has 1 aliphatic rings. The van der Waals surface area contributed by atoms with Crippen molar-refractivity contribution in [2.45, 2.75) is 18.2 Å². The van der Waals surface area contributed by atoms with Crippen molar-refractivity contribution in [3.05, 3.63) is 34.3 Å². The quantitative estimate of drug-likeness (QED) is 0.492. The standard InChI is InChI=1S/C15H15BrClF2NO2S/c1-23-8-22-9-2-3-10(11(16)6-9)13-5-4-12(17)15(21)20(13)7-14(18)19/h2-3,5-6,12,14H,4,7-8H2,1H3. The smallest absolute Gasteiger partial charge is 0.256 e. The normalized spacial score (nSPS) is 18.3. The topological polar surface area (TPSA) is 29.5 Å². The maximum atomic E-state index is 12.8. The Balaban J connectivity index is 2.32. The lowest BCUT2D eigenvalue weighted by molar-refractivity contribution is -0.129. The molecule has 0 spiro atoms. The summed E-state index contributed by atoms with van der Waals surface area (Å²) >= 11 is 10.9. The van der Waals surface area contributed by atoms with Gasteiger partial charge in [0.05, 0.1) is 6.54 Å². The van der Waals surface area contributed by atoms with Gasteiger partial charge in [0.15, 0.2) is 0 Å². The fraction of sp³-hybridized carbons (Fsp3) is 0.400. The Bertz CT molecular complexity index is 615. The van der Waals surface area contributed by atoms with Crippen LogP contribution >= 0.6 is 39.3 Å². The van der Waals surface area contributed by atoms with Gasteiger partial charge in [0.25, 0.3) is 6.43 Å². The fourth-order valence-electron chi connectivity index (χ4n) is 2.22. The van der Waals surface area contributed by atoms with Crippen LogP contribution in [0.2, 0.25) is 0 Å². The van der Waals surface area contributed by atoms with Crippen molar-refractivity contribution in [2.24, 2.45) is 0 Å². The number of alkyl halides is 3. The summed E-state index contributed by atoms with van der Waals surface area (Å²) in [6.07, 6.45) is 1.32. The molecule has 0 saturated heterocycles. The second kappa shape index (κ2) is 8.35. The van der Waals surface area contributed by atoms with Gasteiger partial charge in [-0.25, -0.2) is 8.78 Å². The van der Waals surface area contributed by atoms with E-state index < -0.39 is 24.3 Å². The highest BCUT2D eigenvalue weighted by atomic mass is 79.9. The zero-order valence-electron chi connectivity index (χ0n) is 12.3. The van der Waals surface area contributed by atoms with Gasteiger partial charge in [0, 0.05) is 15.7 Å². The van der Waals surface area contributed by atoms with Crippen LogP contribution in [0, 0.1) is 0 Å². The minimum absolute atomic E-state index is 0.312. The summed E-state index contributed by atoms with van der Waals surface area (Å²) < 4.78 is 31.8. The minimum atomic E-state index is -2.63. The summed E-state index contributed by atoms with van der Waals surface area (Å²) in [5, 5.41) is -0.805. The number of ether oxygens (including phenoxy) is 1. The average Bonchev–Trinajstić information content (AvgIpc) is 2.50. The summed E-state index contributed by atoms with van der Waals surface area (Å²) in [6, 6.07) is 5.24. The molecule has 0 aromatic heterocycles. The third kappa shape index (κ3) is 4.61. The van der Waals surface area contributed by atoms with Crippen molar-refractivity contribution in [3.8, 4) is 5.75 Å². The van der Waals surface area contributed by atoms with E-state index in [2.05, 4.69) is 15.9 Å².